The maximum atomic E-state index is 4.84. The van der Waals surface area contributed by atoms with Gasteiger partial charge in [0.15, 0.2) is 5.96 Å². The van der Waals surface area contributed by atoms with Crippen LogP contribution in [0.4, 0.5) is 11.6 Å². The van der Waals surface area contributed by atoms with Crippen molar-refractivity contribution in [2.45, 2.75) is 25.8 Å². The molecule has 2 N–H and O–H groups in total. The van der Waals surface area contributed by atoms with Gasteiger partial charge in [-0.15, -0.1) is 0 Å². The third-order valence-corrected chi connectivity index (χ3v) is 6.10. The van der Waals surface area contributed by atoms with Crippen LogP contribution in [0.3, 0.4) is 0 Å². The molecule has 0 radical (unpaired) electrons. The van der Waals surface area contributed by atoms with Crippen molar-refractivity contribution in [1.29, 1.82) is 0 Å². The molecule has 4 rings (SSSR count). The maximum absolute atomic E-state index is 4.84. The summed E-state index contributed by atoms with van der Waals surface area (Å²) in [7, 11) is 0. The van der Waals surface area contributed by atoms with Gasteiger partial charge in [-0.05, 0) is 38.0 Å². The molecule has 0 bridgehead atoms. The average molecular weight is 437 g/mol. The second kappa shape index (κ2) is 11.7. The van der Waals surface area contributed by atoms with Crippen molar-refractivity contribution in [3.05, 3.63) is 48.8 Å². The number of guanidine groups is 1. The summed E-state index contributed by atoms with van der Waals surface area (Å²) in [5.41, 5.74) is 1.30. The van der Waals surface area contributed by atoms with E-state index in [0.717, 1.165) is 83.7 Å². The minimum atomic E-state index is 0.432. The first-order valence-electron chi connectivity index (χ1n) is 11.9. The predicted molar refractivity (Wildman–Crippen MR) is 131 cm³/mol. The molecule has 2 saturated heterocycles. The normalized spacial score (nSPS) is 19.9. The van der Waals surface area contributed by atoms with Crippen molar-refractivity contribution >= 4 is 17.6 Å². The van der Waals surface area contributed by atoms with Gasteiger partial charge in [0.1, 0.15) is 0 Å². The van der Waals surface area contributed by atoms with E-state index in [4.69, 9.17) is 4.99 Å². The number of para-hydroxylation sites is 1. The highest BCUT2D eigenvalue weighted by Crippen LogP contribution is 2.19. The average Bonchev–Trinajstić information content (AvgIpc) is 3.32. The van der Waals surface area contributed by atoms with Crippen molar-refractivity contribution in [3.8, 4) is 0 Å². The maximum Gasteiger partial charge on any atom is 0.225 e. The Morgan fingerprint density at radius 2 is 1.78 bits per heavy atom. The quantitative estimate of drug-likeness (QED) is 0.372. The third kappa shape index (κ3) is 6.32. The van der Waals surface area contributed by atoms with E-state index in [2.05, 4.69) is 72.6 Å². The standard InChI is InChI=1S/C24H36N8/c1-2-25-23(29-21-10-15-32(20-21)22-8-4-3-5-9-22)26-13-7-14-30-16-18-31(19-17-30)24-27-11-6-12-28-24/h3-6,8-9,11-12,21H,2,7,10,13-20H2,1H3,(H2,25,26,29). The van der Waals surface area contributed by atoms with Gasteiger partial charge in [-0.25, -0.2) is 9.97 Å². The molecule has 2 aliphatic heterocycles. The van der Waals surface area contributed by atoms with Crippen molar-refractivity contribution in [3.63, 3.8) is 0 Å². The molecule has 8 nitrogen and oxygen atoms in total. The Bertz CT molecular complexity index is 820. The van der Waals surface area contributed by atoms with Gasteiger partial charge >= 0.3 is 0 Å². The van der Waals surface area contributed by atoms with Gasteiger partial charge in [-0.1, -0.05) is 18.2 Å². The number of rotatable bonds is 8. The van der Waals surface area contributed by atoms with Crippen LogP contribution < -0.4 is 20.4 Å². The van der Waals surface area contributed by atoms with Crippen LogP contribution in [-0.4, -0.2) is 85.8 Å². The fourth-order valence-electron chi connectivity index (χ4n) is 4.38. The summed E-state index contributed by atoms with van der Waals surface area (Å²) in [6.07, 6.45) is 5.83. The van der Waals surface area contributed by atoms with Crippen LogP contribution in [0, 0.1) is 0 Å². The van der Waals surface area contributed by atoms with Crippen LogP contribution in [0.5, 0.6) is 0 Å². The molecule has 2 aromatic rings. The lowest BCUT2D eigenvalue weighted by atomic mass is 10.2. The molecule has 0 saturated carbocycles. The SMILES string of the molecule is CCNC(=NCCCN1CCN(c2ncccn2)CC1)NC1CCN(c2ccccc2)C1. The van der Waals surface area contributed by atoms with E-state index in [1.165, 1.54) is 5.69 Å². The highest BCUT2D eigenvalue weighted by Gasteiger charge is 2.23. The monoisotopic (exact) mass is 436 g/mol. The van der Waals surface area contributed by atoms with E-state index >= 15 is 0 Å². The molecule has 32 heavy (non-hydrogen) atoms. The first kappa shape index (κ1) is 22.3. The number of anilines is 2. The summed E-state index contributed by atoms with van der Waals surface area (Å²) in [5, 5.41) is 7.05. The molecule has 1 atom stereocenters. The second-order valence-electron chi connectivity index (χ2n) is 8.40. The fourth-order valence-corrected chi connectivity index (χ4v) is 4.38. The molecule has 8 heteroatoms. The summed E-state index contributed by atoms with van der Waals surface area (Å²) in [4.78, 5) is 20.8. The molecule has 2 aliphatic rings. The van der Waals surface area contributed by atoms with Crippen molar-refractivity contribution in [1.82, 2.24) is 25.5 Å². The van der Waals surface area contributed by atoms with Crippen molar-refractivity contribution < 1.29 is 0 Å². The molecule has 1 aromatic heterocycles. The zero-order valence-corrected chi connectivity index (χ0v) is 19.2. The first-order valence-corrected chi connectivity index (χ1v) is 11.9. The highest BCUT2D eigenvalue weighted by atomic mass is 15.3. The predicted octanol–water partition coefficient (Wildman–Crippen LogP) is 1.82. The number of hydrogen-bond acceptors (Lipinski definition) is 6. The van der Waals surface area contributed by atoms with E-state index in [-0.39, 0.29) is 0 Å². The fraction of sp³-hybridized carbons (Fsp3) is 0.542. The second-order valence-corrected chi connectivity index (χ2v) is 8.40. The van der Waals surface area contributed by atoms with Crippen LogP contribution in [0.2, 0.25) is 0 Å². The van der Waals surface area contributed by atoms with Gasteiger partial charge < -0.3 is 20.4 Å². The first-order chi connectivity index (χ1) is 15.8. The van der Waals surface area contributed by atoms with Crippen molar-refractivity contribution in [2.24, 2.45) is 4.99 Å². The lowest BCUT2D eigenvalue weighted by Crippen LogP contribution is -2.47. The van der Waals surface area contributed by atoms with Crippen LogP contribution in [0.25, 0.3) is 0 Å². The lowest BCUT2D eigenvalue weighted by Gasteiger charge is -2.34. The molecule has 0 amide bonds. The van der Waals surface area contributed by atoms with Gasteiger partial charge in [0.2, 0.25) is 5.95 Å². The number of nitrogens with zero attached hydrogens (tertiary/aromatic N) is 6. The Morgan fingerprint density at radius 3 is 2.53 bits per heavy atom. The van der Waals surface area contributed by atoms with Crippen LogP contribution >= 0.6 is 0 Å². The molecular formula is C24H36N8. The largest absolute Gasteiger partial charge is 0.369 e. The molecule has 2 fully saturated rings. The Morgan fingerprint density at radius 1 is 1.00 bits per heavy atom. The van der Waals surface area contributed by atoms with Crippen LogP contribution in [0.15, 0.2) is 53.8 Å². The number of aromatic nitrogens is 2. The summed E-state index contributed by atoms with van der Waals surface area (Å²) in [6.45, 7) is 11.1. The number of benzene rings is 1. The zero-order valence-electron chi connectivity index (χ0n) is 19.2. The summed E-state index contributed by atoms with van der Waals surface area (Å²) < 4.78 is 0. The number of hydrogen-bond donors (Lipinski definition) is 2. The minimum absolute atomic E-state index is 0.432. The zero-order chi connectivity index (χ0) is 22.0. The van der Waals surface area contributed by atoms with Crippen LogP contribution in [-0.2, 0) is 0 Å². The highest BCUT2D eigenvalue weighted by molar-refractivity contribution is 5.80. The topological polar surface area (TPSA) is 71.9 Å². The molecule has 3 heterocycles. The van der Waals surface area contributed by atoms with Crippen LogP contribution in [0.1, 0.15) is 19.8 Å². The van der Waals surface area contributed by atoms with E-state index in [9.17, 15) is 0 Å². The smallest absolute Gasteiger partial charge is 0.225 e. The van der Waals surface area contributed by atoms with Gasteiger partial charge in [0, 0.05) is 83.0 Å². The number of nitrogens with one attached hydrogen (secondary N) is 2. The molecule has 1 aromatic carbocycles. The molecular weight excluding hydrogens is 400 g/mol. The van der Waals surface area contributed by atoms with E-state index in [1.54, 1.807) is 0 Å². The third-order valence-electron chi connectivity index (χ3n) is 6.10. The van der Waals surface area contributed by atoms with Gasteiger partial charge in [0.25, 0.3) is 0 Å². The minimum Gasteiger partial charge on any atom is -0.369 e. The Kier molecular flexibility index (Phi) is 8.14. The number of aliphatic imine (C=N–C) groups is 1. The summed E-state index contributed by atoms with van der Waals surface area (Å²) in [6, 6.07) is 13.0. The Labute approximate surface area is 191 Å². The Hall–Kier alpha value is -2.87. The molecule has 172 valence electrons. The molecule has 0 aliphatic carbocycles. The molecule has 0 spiro atoms. The van der Waals surface area contributed by atoms with Crippen molar-refractivity contribution in [2.75, 3.05) is 68.7 Å². The van der Waals surface area contributed by atoms with E-state index in [1.807, 2.05) is 18.5 Å². The summed E-state index contributed by atoms with van der Waals surface area (Å²) >= 11 is 0. The summed E-state index contributed by atoms with van der Waals surface area (Å²) in [5.74, 6) is 1.79. The van der Waals surface area contributed by atoms with E-state index < -0.39 is 0 Å². The number of piperazine rings is 1. The van der Waals surface area contributed by atoms with E-state index in [0.29, 0.717) is 6.04 Å². The van der Waals surface area contributed by atoms with Gasteiger partial charge in [0.05, 0.1) is 0 Å². The molecule has 1 unspecified atom stereocenters. The lowest BCUT2D eigenvalue weighted by molar-refractivity contribution is 0.255. The van der Waals surface area contributed by atoms with Gasteiger partial charge in [-0.3, -0.25) is 9.89 Å². The Balaban J connectivity index is 1.17. The van der Waals surface area contributed by atoms with Gasteiger partial charge in [-0.2, -0.15) is 0 Å².